The fraction of sp³-hybridized carbons (Fsp3) is 0.364. The van der Waals surface area contributed by atoms with Crippen molar-refractivity contribution in [3.05, 3.63) is 24.3 Å². The summed E-state index contributed by atoms with van der Waals surface area (Å²) in [6.45, 7) is 5.41. The van der Waals surface area contributed by atoms with Crippen LogP contribution in [0.3, 0.4) is 0 Å². The third kappa shape index (κ3) is 3.55. The SMILES string of the molecule is CC(=O)N(Br)c1cccc(OC(C)C)c1. The van der Waals surface area contributed by atoms with Gasteiger partial charge >= 0.3 is 0 Å². The first-order chi connectivity index (χ1) is 7.00. The third-order valence-electron chi connectivity index (χ3n) is 1.69. The fourth-order valence-electron chi connectivity index (χ4n) is 1.13. The van der Waals surface area contributed by atoms with Crippen molar-refractivity contribution >= 4 is 27.7 Å². The predicted molar refractivity (Wildman–Crippen MR) is 64.3 cm³/mol. The molecule has 0 saturated heterocycles. The number of amides is 1. The predicted octanol–water partition coefficient (Wildman–Crippen LogP) is 3.14. The van der Waals surface area contributed by atoms with Crippen LogP contribution in [0.25, 0.3) is 0 Å². The van der Waals surface area contributed by atoms with E-state index < -0.39 is 0 Å². The minimum Gasteiger partial charge on any atom is -0.491 e. The minimum atomic E-state index is -0.0725. The van der Waals surface area contributed by atoms with Crippen LogP contribution in [0.5, 0.6) is 5.75 Å². The Hall–Kier alpha value is -1.03. The molecule has 0 heterocycles. The van der Waals surface area contributed by atoms with Crippen LogP contribution in [0.1, 0.15) is 20.8 Å². The molecule has 0 atom stereocenters. The normalized spacial score (nSPS) is 10.2. The van der Waals surface area contributed by atoms with E-state index in [2.05, 4.69) is 16.1 Å². The lowest BCUT2D eigenvalue weighted by molar-refractivity contribution is -0.115. The number of ether oxygens (including phenoxy) is 1. The second kappa shape index (κ2) is 5.16. The van der Waals surface area contributed by atoms with E-state index in [-0.39, 0.29) is 12.0 Å². The number of nitrogens with zero attached hydrogens (tertiary/aromatic N) is 1. The van der Waals surface area contributed by atoms with Crippen molar-refractivity contribution in [3.8, 4) is 5.75 Å². The maximum Gasteiger partial charge on any atom is 0.233 e. The van der Waals surface area contributed by atoms with Gasteiger partial charge in [0.05, 0.1) is 27.9 Å². The Morgan fingerprint density at radius 1 is 1.47 bits per heavy atom. The van der Waals surface area contributed by atoms with Crippen LogP contribution in [0.2, 0.25) is 0 Å². The highest BCUT2D eigenvalue weighted by Crippen LogP contribution is 2.24. The first-order valence-electron chi connectivity index (χ1n) is 4.74. The van der Waals surface area contributed by atoms with Crippen LogP contribution in [0.4, 0.5) is 5.69 Å². The molecule has 0 unspecified atom stereocenters. The van der Waals surface area contributed by atoms with E-state index in [1.54, 1.807) is 0 Å². The molecule has 0 bridgehead atoms. The highest BCUT2D eigenvalue weighted by Gasteiger charge is 2.08. The van der Waals surface area contributed by atoms with E-state index in [1.165, 1.54) is 10.8 Å². The molecule has 0 aromatic heterocycles. The molecule has 0 aliphatic carbocycles. The number of carbonyl (C=O) groups excluding carboxylic acids is 1. The topological polar surface area (TPSA) is 29.5 Å². The largest absolute Gasteiger partial charge is 0.491 e. The molecule has 1 rings (SSSR count). The Labute approximate surface area is 98.4 Å². The van der Waals surface area contributed by atoms with Crippen molar-refractivity contribution in [1.82, 2.24) is 0 Å². The maximum absolute atomic E-state index is 11.1. The molecular weight excluding hydrogens is 258 g/mol. The van der Waals surface area contributed by atoms with Gasteiger partial charge < -0.3 is 4.74 Å². The second-order valence-corrected chi connectivity index (χ2v) is 4.17. The Balaban J connectivity index is 2.87. The summed E-state index contributed by atoms with van der Waals surface area (Å²) in [4.78, 5) is 11.1. The number of rotatable bonds is 3. The standard InChI is InChI=1S/C11H14BrNO2/c1-8(2)15-11-6-4-5-10(7-11)13(12)9(3)14/h4-8H,1-3H3. The van der Waals surface area contributed by atoms with Crippen molar-refractivity contribution in [2.45, 2.75) is 26.9 Å². The van der Waals surface area contributed by atoms with Crippen LogP contribution in [0.15, 0.2) is 24.3 Å². The first-order valence-corrected chi connectivity index (χ1v) is 5.45. The van der Waals surface area contributed by atoms with Crippen LogP contribution in [0, 0.1) is 0 Å². The molecule has 4 heteroatoms. The van der Waals surface area contributed by atoms with E-state index in [4.69, 9.17) is 4.74 Å². The van der Waals surface area contributed by atoms with Crippen LogP contribution in [-0.2, 0) is 4.79 Å². The van der Waals surface area contributed by atoms with Gasteiger partial charge in [-0.15, -0.1) is 0 Å². The molecule has 0 radical (unpaired) electrons. The molecule has 0 fully saturated rings. The lowest BCUT2D eigenvalue weighted by atomic mass is 10.3. The number of carbonyl (C=O) groups is 1. The first kappa shape index (κ1) is 12.0. The number of hydrogen-bond donors (Lipinski definition) is 0. The van der Waals surface area contributed by atoms with Gasteiger partial charge in [0.2, 0.25) is 5.91 Å². The second-order valence-electron chi connectivity index (χ2n) is 3.46. The molecule has 0 aliphatic heterocycles. The molecule has 1 amide bonds. The molecule has 82 valence electrons. The number of halogens is 1. The van der Waals surface area contributed by atoms with Gasteiger partial charge in [-0.2, -0.15) is 0 Å². The van der Waals surface area contributed by atoms with E-state index in [9.17, 15) is 4.79 Å². The molecule has 15 heavy (non-hydrogen) atoms. The van der Waals surface area contributed by atoms with Crippen LogP contribution < -0.4 is 8.66 Å². The smallest absolute Gasteiger partial charge is 0.233 e. The van der Waals surface area contributed by atoms with Gasteiger partial charge in [0.15, 0.2) is 0 Å². The van der Waals surface area contributed by atoms with Crippen LogP contribution >= 0.6 is 16.1 Å². The van der Waals surface area contributed by atoms with Gasteiger partial charge in [-0.25, -0.2) is 3.93 Å². The number of anilines is 1. The van der Waals surface area contributed by atoms with Gasteiger partial charge in [0, 0.05) is 13.0 Å². The zero-order valence-electron chi connectivity index (χ0n) is 9.03. The Bertz CT molecular complexity index is 352. The summed E-state index contributed by atoms with van der Waals surface area (Å²) in [5.41, 5.74) is 0.764. The van der Waals surface area contributed by atoms with E-state index in [1.807, 2.05) is 38.1 Å². The molecular formula is C11H14BrNO2. The Morgan fingerprint density at radius 3 is 2.67 bits per heavy atom. The summed E-state index contributed by atoms with van der Waals surface area (Å²) in [5, 5.41) is 0. The lowest BCUT2D eigenvalue weighted by Gasteiger charge is -2.14. The zero-order valence-corrected chi connectivity index (χ0v) is 10.6. The number of benzene rings is 1. The summed E-state index contributed by atoms with van der Waals surface area (Å²) in [6.07, 6.45) is 0.126. The van der Waals surface area contributed by atoms with Gasteiger partial charge in [-0.1, -0.05) is 6.07 Å². The number of hydrogen-bond acceptors (Lipinski definition) is 2. The Kier molecular flexibility index (Phi) is 4.15. The molecule has 1 aromatic rings. The quantitative estimate of drug-likeness (QED) is 0.791. The molecule has 0 spiro atoms. The van der Waals surface area contributed by atoms with E-state index in [0.29, 0.717) is 0 Å². The lowest BCUT2D eigenvalue weighted by Crippen LogP contribution is -2.15. The average molecular weight is 272 g/mol. The third-order valence-corrected chi connectivity index (χ3v) is 2.60. The van der Waals surface area contributed by atoms with Gasteiger partial charge in [-0.3, -0.25) is 4.79 Å². The summed E-state index contributed by atoms with van der Waals surface area (Å²) in [7, 11) is 0. The highest BCUT2D eigenvalue weighted by molar-refractivity contribution is 9.10. The maximum atomic E-state index is 11.1. The molecule has 0 N–H and O–H groups in total. The van der Waals surface area contributed by atoms with Gasteiger partial charge in [-0.05, 0) is 26.0 Å². The molecule has 0 saturated carbocycles. The average Bonchev–Trinajstić information content (AvgIpc) is 2.16. The fourth-order valence-corrected chi connectivity index (χ4v) is 1.35. The van der Waals surface area contributed by atoms with Crippen molar-refractivity contribution in [2.75, 3.05) is 3.93 Å². The summed E-state index contributed by atoms with van der Waals surface area (Å²) in [5.74, 6) is 0.685. The van der Waals surface area contributed by atoms with Gasteiger partial charge in [0.25, 0.3) is 0 Å². The Morgan fingerprint density at radius 2 is 2.13 bits per heavy atom. The molecule has 1 aromatic carbocycles. The van der Waals surface area contributed by atoms with Crippen molar-refractivity contribution < 1.29 is 9.53 Å². The molecule has 0 aliphatic rings. The van der Waals surface area contributed by atoms with Crippen LogP contribution in [-0.4, -0.2) is 12.0 Å². The van der Waals surface area contributed by atoms with E-state index >= 15 is 0 Å². The summed E-state index contributed by atoms with van der Waals surface area (Å²) >= 11 is 3.18. The monoisotopic (exact) mass is 271 g/mol. The van der Waals surface area contributed by atoms with Crippen molar-refractivity contribution in [3.63, 3.8) is 0 Å². The van der Waals surface area contributed by atoms with Crippen molar-refractivity contribution in [1.29, 1.82) is 0 Å². The highest BCUT2D eigenvalue weighted by atomic mass is 79.9. The van der Waals surface area contributed by atoms with E-state index in [0.717, 1.165) is 11.4 Å². The zero-order chi connectivity index (χ0) is 11.4. The minimum absolute atomic E-state index is 0.0725. The van der Waals surface area contributed by atoms with Crippen molar-refractivity contribution in [2.24, 2.45) is 0 Å². The summed E-state index contributed by atoms with van der Waals surface area (Å²) < 4.78 is 6.93. The van der Waals surface area contributed by atoms with Gasteiger partial charge in [0.1, 0.15) is 5.75 Å². The summed E-state index contributed by atoms with van der Waals surface area (Å²) in [6, 6.07) is 7.37. The molecule has 3 nitrogen and oxygen atoms in total.